The molecule has 3 rings (SSSR count). The highest BCUT2D eigenvalue weighted by molar-refractivity contribution is 6.30. The van der Waals surface area contributed by atoms with E-state index in [1.807, 2.05) is 24.3 Å². The van der Waals surface area contributed by atoms with Crippen molar-refractivity contribution in [1.82, 2.24) is 10.2 Å². The molecule has 0 atom stereocenters. The maximum atomic E-state index is 12.4. The van der Waals surface area contributed by atoms with Gasteiger partial charge in [0.1, 0.15) is 0 Å². The highest BCUT2D eigenvalue weighted by atomic mass is 35.5. The molecule has 1 aliphatic heterocycles. The number of carbonyl (C=O) groups is 1. The Kier molecular flexibility index (Phi) is 4.88. The van der Waals surface area contributed by atoms with Gasteiger partial charge in [0, 0.05) is 48.9 Å². The van der Waals surface area contributed by atoms with E-state index in [0.717, 1.165) is 32.7 Å². The molecule has 0 amide bonds. The van der Waals surface area contributed by atoms with Gasteiger partial charge in [-0.3, -0.25) is 9.69 Å². The number of ketones is 1. The number of nitrogens with one attached hydrogen (secondary N) is 1. The molecule has 2 aromatic rings. The van der Waals surface area contributed by atoms with Crippen LogP contribution in [-0.2, 0) is 6.54 Å². The summed E-state index contributed by atoms with van der Waals surface area (Å²) in [5.41, 5.74) is 2.63. The molecule has 2 aromatic carbocycles. The Labute approximate surface area is 135 Å². The van der Waals surface area contributed by atoms with Crippen LogP contribution in [0, 0.1) is 0 Å². The number of benzene rings is 2. The predicted octanol–water partition coefficient (Wildman–Crippen LogP) is 2.98. The maximum absolute atomic E-state index is 12.4. The first kappa shape index (κ1) is 15.2. The molecule has 0 spiro atoms. The molecule has 3 nitrogen and oxygen atoms in total. The number of carbonyl (C=O) groups excluding carboxylic acids is 1. The second kappa shape index (κ2) is 7.05. The average Bonchev–Trinajstić information content (AvgIpc) is 2.57. The second-order valence-electron chi connectivity index (χ2n) is 5.56. The zero-order chi connectivity index (χ0) is 15.4. The van der Waals surface area contributed by atoms with Crippen LogP contribution in [0.15, 0.2) is 48.5 Å². The Morgan fingerprint density at radius 3 is 2.09 bits per heavy atom. The second-order valence-corrected chi connectivity index (χ2v) is 6.00. The van der Waals surface area contributed by atoms with E-state index in [1.165, 1.54) is 5.56 Å². The minimum absolute atomic E-state index is 0.0328. The van der Waals surface area contributed by atoms with Crippen LogP contribution < -0.4 is 5.32 Å². The zero-order valence-corrected chi connectivity index (χ0v) is 13.1. The lowest BCUT2D eigenvalue weighted by Gasteiger charge is -2.27. The molecule has 0 radical (unpaired) electrons. The maximum Gasteiger partial charge on any atom is 0.193 e. The summed E-state index contributed by atoms with van der Waals surface area (Å²) < 4.78 is 0. The van der Waals surface area contributed by atoms with Crippen molar-refractivity contribution in [2.45, 2.75) is 6.54 Å². The van der Waals surface area contributed by atoms with Crippen LogP contribution >= 0.6 is 11.6 Å². The number of piperazine rings is 1. The third-order valence-corrected chi connectivity index (χ3v) is 4.19. The number of hydrogen-bond acceptors (Lipinski definition) is 3. The first-order valence-corrected chi connectivity index (χ1v) is 7.92. The first-order chi connectivity index (χ1) is 10.7. The van der Waals surface area contributed by atoms with E-state index in [0.29, 0.717) is 16.1 Å². The molecule has 114 valence electrons. The largest absolute Gasteiger partial charge is 0.314 e. The number of halogens is 1. The Morgan fingerprint density at radius 1 is 0.955 bits per heavy atom. The van der Waals surface area contributed by atoms with Gasteiger partial charge in [0.15, 0.2) is 5.78 Å². The Morgan fingerprint density at radius 2 is 1.50 bits per heavy atom. The monoisotopic (exact) mass is 314 g/mol. The summed E-state index contributed by atoms with van der Waals surface area (Å²) >= 11 is 5.86. The zero-order valence-electron chi connectivity index (χ0n) is 12.4. The molecular formula is C18H19ClN2O. The molecule has 1 fully saturated rings. The standard InChI is InChI=1S/C18H19ClN2O/c19-17-7-5-16(6-8-17)18(22)15-3-1-14(2-4-15)13-21-11-9-20-10-12-21/h1-8,20H,9-13H2. The summed E-state index contributed by atoms with van der Waals surface area (Å²) in [6.45, 7) is 5.19. The smallest absolute Gasteiger partial charge is 0.193 e. The van der Waals surface area contributed by atoms with Crippen molar-refractivity contribution in [3.05, 3.63) is 70.2 Å². The number of nitrogens with zero attached hydrogens (tertiary/aromatic N) is 1. The summed E-state index contributed by atoms with van der Waals surface area (Å²) in [5.74, 6) is 0.0328. The molecule has 1 aliphatic rings. The lowest BCUT2D eigenvalue weighted by molar-refractivity contribution is 0.103. The van der Waals surface area contributed by atoms with Crippen molar-refractivity contribution < 1.29 is 4.79 Å². The van der Waals surface area contributed by atoms with Crippen LogP contribution in [0.1, 0.15) is 21.5 Å². The van der Waals surface area contributed by atoms with Crippen LogP contribution in [-0.4, -0.2) is 36.9 Å². The van der Waals surface area contributed by atoms with Gasteiger partial charge >= 0.3 is 0 Å². The van der Waals surface area contributed by atoms with E-state index in [9.17, 15) is 4.79 Å². The van der Waals surface area contributed by atoms with Gasteiger partial charge in [0.05, 0.1) is 0 Å². The highest BCUT2D eigenvalue weighted by Gasteiger charge is 2.11. The molecule has 0 aromatic heterocycles. The third-order valence-electron chi connectivity index (χ3n) is 3.94. The molecule has 1 N–H and O–H groups in total. The van der Waals surface area contributed by atoms with E-state index >= 15 is 0 Å². The van der Waals surface area contributed by atoms with Crippen molar-refractivity contribution >= 4 is 17.4 Å². The highest BCUT2D eigenvalue weighted by Crippen LogP contribution is 2.15. The molecule has 0 saturated carbocycles. The van der Waals surface area contributed by atoms with Crippen molar-refractivity contribution in [2.75, 3.05) is 26.2 Å². The quantitative estimate of drug-likeness (QED) is 0.881. The molecule has 0 unspecified atom stereocenters. The predicted molar refractivity (Wildman–Crippen MR) is 89.5 cm³/mol. The summed E-state index contributed by atoms with van der Waals surface area (Å²) in [4.78, 5) is 14.8. The van der Waals surface area contributed by atoms with Gasteiger partial charge in [0.2, 0.25) is 0 Å². The van der Waals surface area contributed by atoms with Gasteiger partial charge in [-0.2, -0.15) is 0 Å². The minimum Gasteiger partial charge on any atom is -0.314 e. The molecular weight excluding hydrogens is 296 g/mol. The van der Waals surface area contributed by atoms with Crippen molar-refractivity contribution in [1.29, 1.82) is 0 Å². The van der Waals surface area contributed by atoms with Crippen LogP contribution in [0.2, 0.25) is 5.02 Å². The third kappa shape index (κ3) is 3.74. The van der Waals surface area contributed by atoms with Crippen molar-refractivity contribution in [3.63, 3.8) is 0 Å². The van der Waals surface area contributed by atoms with Crippen LogP contribution in [0.25, 0.3) is 0 Å². The number of rotatable bonds is 4. The van der Waals surface area contributed by atoms with E-state index < -0.39 is 0 Å². The lowest BCUT2D eigenvalue weighted by atomic mass is 10.0. The van der Waals surface area contributed by atoms with Crippen LogP contribution in [0.4, 0.5) is 0 Å². The average molecular weight is 315 g/mol. The number of hydrogen-bond donors (Lipinski definition) is 1. The summed E-state index contributed by atoms with van der Waals surface area (Å²) in [5, 5.41) is 3.99. The van der Waals surface area contributed by atoms with Crippen LogP contribution in [0.5, 0.6) is 0 Å². The van der Waals surface area contributed by atoms with E-state index in [-0.39, 0.29) is 5.78 Å². The molecule has 0 bridgehead atoms. The molecule has 0 aliphatic carbocycles. The first-order valence-electron chi connectivity index (χ1n) is 7.55. The van der Waals surface area contributed by atoms with Gasteiger partial charge in [-0.15, -0.1) is 0 Å². The molecule has 1 saturated heterocycles. The van der Waals surface area contributed by atoms with E-state index in [1.54, 1.807) is 24.3 Å². The summed E-state index contributed by atoms with van der Waals surface area (Å²) in [6, 6.07) is 14.9. The van der Waals surface area contributed by atoms with Gasteiger partial charge in [-0.05, 0) is 29.8 Å². The molecule has 1 heterocycles. The minimum atomic E-state index is 0.0328. The fraction of sp³-hybridized carbons (Fsp3) is 0.278. The topological polar surface area (TPSA) is 32.3 Å². The van der Waals surface area contributed by atoms with Gasteiger partial charge in [-0.25, -0.2) is 0 Å². The van der Waals surface area contributed by atoms with E-state index in [4.69, 9.17) is 11.6 Å². The molecule has 4 heteroatoms. The normalized spacial score (nSPS) is 15.7. The van der Waals surface area contributed by atoms with Gasteiger partial charge in [0.25, 0.3) is 0 Å². The summed E-state index contributed by atoms with van der Waals surface area (Å²) in [7, 11) is 0. The summed E-state index contributed by atoms with van der Waals surface area (Å²) in [6.07, 6.45) is 0. The SMILES string of the molecule is O=C(c1ccc(Cl)cc1)c1ccc(CN2CCNCC2)cc1. The van der Waals surface area contributed by atoms with Gasteiger partial charge < -0.3 is 5.32 Å². The lowest BCUT2D eigenvalue weighted by Crippen LogP contribution is -2.42. The van der Waals surface area contributed by atoms with Gasteiger partial charge in [-0.1, -0.05) is 35.9 Å². The fourth-order valence-corrected chi connectivity index (χ4v) is 2.78. The van der Waals surface area contributed by atoms with Crippen LogP contribution in [0.3, 0.4) is 0 Å². The van der Waals surface area contributed by atoms with Crippen molar-refractivity contribution in [3.8, 4) is 0 Å². The fourth-order valence-electron chi connectivity index (χ4n) is 2.66. The van der Waals surface area contributed by atoms with Crippen molar-refractivity contribution in [2.24, 2.45) is 0 Å². The Balaban J connectivity index is 1.68. The van der Waals surface area contributed by atoms with E-state index in [2.05, 4.69) is 10.2 Å². The molecule has 22 heavy (non-hydrogen) atoms. The Hall–Kier alpha value is -1.68. The Bertz CT molecular complexity index is 631.